The van der Waals surface area contributed by atoms with Gasteiger partial charge in [0.1, 0.15) is 0 Å². The highest BCUT2D eigenvalue weighted by Crippen LogP contribution is 2.36. The van der Waals surface area contributed by atoms with E-state index in [-0.39, 0.29) is 18.3 Å². The third-order valence-electron chi connectivity index (χ3n) is 4.07. The zero-order valence-electron chi connectivity index (χ0n) is 12.4. The van der Waals surface area contributed by atoms with Crippen LogP contribution in [0.5, 0.6) is 0 Å². The van der Waals surface area contributed by atoms with Crippen LogP contribution in [0.2, 0.25) is 0 Å². The van der Waals surface area contributed by atoms with Gasteiger partial charge in [0.2, 0.25) is 0 Å². The van der Waals surface area contributed by atoms with Crippen LogP contribution in [0.3, 0.4) is 0 Å². The maximum atomic E-state index is 6.09. The van der Waals surface area contributed by atoms with Crippen LogP contribution in [0, 0.1) is 20.8 Å². The van der Waals surface area contributed by atoms with Crippen LogP contribution in [0.15, 0.2) is 6.07 Å². The minimum absolute atomic E-state index is 0.304. The van der Waals surface area contributed by atoms with E-state index >= 15 is 0 Å². The Morgan fingerprint density at radius 3 is 1.94 bits per heavy atom. The predicted octanol–water partition coefficient (Wildman–Crippen LogP) is 2.31. The Kier molecular flexibility index (Phi) is 3.07. The zero-order valence-corrected chi connectivity index (χ0v) is 12.4. The fourth-order valence-corrected chi connectivity index (χ4v) is 2.35. The van der Waals surface area contributed by atoms with E-state index in [0.29, 0.717) is 0 Å². The highest BCUT2D eigenvalue weighted by Gasteiger charge is 2.52. The molecule has 0 amide bonds. The largest absolute Gasteiger partial charge is 0.496 e. The second-order valence-corrected chi connectivity index (χ2v) is 6.17. The summed E-state index contributed by atoms with van der Waals surface area (Å²) in [5.74, 6) is 0. The summed E-state index contributed by atoms with van der Waals surface area (Å²) < 4.78 is 12.2. The molecule has 1 fully saturated rings. The van der Waals surface area contributed by atoms with E-state index in [1.54, 1.807) is 0 Å². The number of hydrogen-bond donors (Lipinski definition) is 0. The average Bonchev–Trinajstić information content (AvgIpc) is 2.32. The minimum Gasteiger partial charge on any atom is -0.399 e. The summed E-state index contributed by atoms with van der Waals surface area (Å²) in [5, 5.41) is 0. The molecule has 1 aliphatic heterocycles. The van der Waals surface area contributed by atoms with Gasteiger partial charge < -0.3 is 9.31 Å². The SMILES string of the molecule is Cc1cc(C)c(B2OC(C)(C)C(C)(C)O2)c(C)n1. The van der Waals surface area contributed by atoms with Gasteiger partial charge in [0, 0.05) is 16.9 Å². The molecule has 2 rings (SSSR count). The third kappa shape index (κ3) is 2.08. The van der Waals surface area contributed by atoms with Crippen LogP contribution in [0.1, 0.15) is 44.6 Å². The van der Waals surface area contributed by atoms with E-state index in [9.17, 15) is 0 Å². The molecule has 1 saturated heterocycles. The van der Waals surface area contributed by atoms with Crippen LogP contribution in [0.25, 0.3) is 0 Å². The van der Waals surface area contributed by atoms with Crippen molar-refractivity contribution in [2.45, 2.75) is 59.7 Å². The molecule has 18 heavy (non-hydrogen) atoms. The molecular weight excluding hydrogens is 225 g/mol. The molecule has 0 radical (unpaired) electrons. The van der Waals surface area contributed by atoms with Gasteiger partial charge in [-0.2, -0.15) is 0 Å². The average molecular weight is 247 g/mol. The van der Waals surface area contributed by atoms with Crippen molar-refractivity contribution >= 4 is 12.6 Å². The van der Waals surface area contributed by atoms with E-state index in [0.717, 1.165) is 16.9 Å². The fraction of sp³-hybridized carbons (Fsp3) is 0.643. The van der Waals surface area contributed by atoms with Crippen molar-refractivity contribution < 1.29 is 9.31 Å². The third-order valence-corrected chi connectivity index (χ3v) is 4.07. The molecule has 1 aromatic heterocycles. The number of aryl methyl sites for hydroxylation is 3. The summed E-state index contributed by atoms with van der Waals surface area (Å²) in [7, 11) is -0.317. The monoisotopic (exact) mass is 247 g/mol. The Bertz CT molecular complexity index is 444. The lowest BCUT2D eigenvalue weighted by Crippen LogP contribution is -2.41. The number of aromatic nitrogens is 1. The molecule has 2 heterocycles. The van der Waals surface area contributed by atoms with Crippen LogP contribution < -0.4 is 5.46 Å². The maximum Gasteiger partial charge on any atom is 0.496 e. The summed E-state index contributed by atoms with van der Waals surface area (Å²) in [5.41, 5.74) is 3.66. The number of rotatable bonds is 1. The first kappa shape index (κ1) is 13.6. The first-order chi connectivity index (χ1) is 8.14. The lowest BCUT2D eigenvalue weighted by Gasteiger charge is -2.32. The van der Waals surface area contributed by atoms with Gasteiger partial charge in [-0.3, -0.25) is 4.98 Å². The van der Waals surface area contributed by atoms with Crippen molar-refractivity contribution in [3.8, 4) is 0 Å². The number of nitrogens with zero attached hydrogens (tertiary/aromatic N) is 1. The molecule has 1 aliphatic rings. The smallest absolute Gasteiger partial charge is 0.399 e. The molecule has 0 unspecified atom stereocenters. The minimum atomic E-state index is -0.317. The Labute approximate surface area is 110 Å². The van der Waals surface area contributed by atoms with E-state index in [1.807, 2.05) is 13.8 Å². The first-order valence-corrected chi connectivity index (χ1v) is 6.44. The van der Waals surface area contributed by atoms with E-state index in [2.05, 4.69) is 45.7 Å². The molecule has 0 saturated carbocycles. The van der Waals surface area contributed by atoms with Crippen LogP contribution >= 0.6 is 0 Å². The molecular formula is C14H22BNO2. The Morgan fingerprint density at radius 1 is 1.00 bits per heavy atom. The van der Waals surface area contributed by atoms with Gasteiger partial charge in [-0.05, 0) is 60.1 Å². The zero-order chi connectivity index (χ0) is 13.7. The fourth-order valence-electron chi connectivity index (χ4n) is 2.35. The Hall–Kier alpha value is -0.865. The van der Waals surface area contributed by atoms with Gasteiger partial charge in [0.05, 0.1) is 11.2 Å². The highest BCUT2D eigenvalue weighted by molar-refractivity contribution is 6.63. The molecule has 0 aliphatic carbocycles. The van der Waals surface area contributed by atoms with Crippen molar-refractivity contribution in [3.63, 3.8) is 0 Å². The van der Waals surface area contributed by atoms with Crippen molar-refractivity contribution in [2.75, 3.05) is 0 Å². The van der Waals surface area contributed by atoms with Gasteiger partial charge in [0.25, 0.3) is 0 Å². The number of pyridine rings is 1. The molecule has 0 spiro atoms. The Morgan fingerprint density at radius 2 is 1.50 bits per heavy atom. The number of hydrogen-bond acceptors (Lipinski definition) is 3. The molecule has 0 atom stereocenters. The van der Waals surface area contributed by atoms with E-state index < -0.39 is 0 Å². The van der Waals surface area contributed by atoms with Crippen molar-refractivity contribution in [2.24, 2.45) is 0 Å². The predicted molar refractivity (Wildman–Crippen MR) is 74.2 cm³/mol. The van der Waals surface area contributed by atoms with Gasteiger partial charge >= 0.3 is 7.12 Å². The van der Waals surface area contributed by atoms with Gasteiger partial charge in [0.15, 0.2) is 0 Å². The van der Waals surface area contributed by atoms with Crippen molar-refractivity contribution in [1.82, 2.24) is 4.98 Å². The van der Waals surface area contributed by atoms with E-state index in [4.69, 9.17) is 9.31 Å². The summed E-state index contributed by atoms with van der Waals surface area (Å²) in [6.07, 6.45) is 0. The highest BCUT2D eigenvalue weighted by atomic mass is 16.7. The van der Waals surface area contributed by atoms with Crippen LogP contribution in [-0.4, -0.2) is 23.3 Å². The van der Waals surface area contributed by atoms with E-state index in [1.165, 1.54) is 5.56 Å². The molecule has 0 bridgehead atoms. The second kappa shape index (κ2) is 4.07. The first-order valence-electron chi connectivity index (χ1n) is 6.44. The summed E-state index contributed by atoms with van der Waals surface area (Å²) in [6.45, 7) is 14.4. The lowest BCUT2D eigenvalue weighted by molar-refractivity contribution is 0.00578. The van der Waals surface area contributed by atoms with Gasteiger partial charge in [-0.1, -0.05) is 0 Å². The lowest BCUT2D eigenvalue weighted by atomic mass is 9.75. The molecule has 3 nitrogen and oxygen atoms in total. The van der Waals surface area contributed by atoms with Crippen LogP contribution in [0.4, 0.5) is 0 Å². The van der Waals surface area contributed by atoms with Gasteiger partial charge in [-0.25, -0.2) is 0 Å². The van der Waals surface area contributed by atoms with Crippen molar-refractivity contribution in [3.05, 3.63) is 23.0 Å². The molecule has 4 heteroatoms. The molecule has 1 aromatic rings. The van der Waals surface area contributed by atoms with Crippen LogP contribution in [-0.2, 0) is 9.31 Å². The molecule has 0 aromatic carbocycles. The summed E-state index contributed by atoms with van der Waals surface area (Å²) in [6, 6.07) is 2.08. The Balaban J connectivity index is 2.42. The second-order valence-electron chi connectivity index (χ2n) is 6.17. The van der Waals surface area contributed by atoms with Crippen molar-refractivity contribution in [1.29, 1.82) is 0 Å². The normalized spacial score (nSPS) is 21.4. The summed E-state index contributed by atoms with van der Waals surface area (Å²) in [4.78, 5) is 4.51. The molecule has 0 N–H and O–H groups in total. The van der Waals surface area contributed by atoms with Gasteiger partial charge in [-0.15, -0.1) is 0 Å². The topological polar surface area (TPSA) is 31.4 Å². The quantitative estimate of drug-likeness (QED) is 0.713. The standard InChI is InChI=1S/C14H22BNO2/c1-9-8-10(2)16-11(3)12(9)15-17-13(4,5)14(6,7)18-15/h8H,1-7H3. The maximum absolute atomic E-state index is 6.09. The molecule has 98 valence electrons. The summed E-state index contributed by atoms with van der Waals surface area (Å²) >= 11 is 0.